The van der Waals surface area contributed by atoms with Crippen molar-refractivity contribution in [2.45, 2.75) is 58.2 Å². The van der Waals surface area contributed by atoms with Crippen LogP contribution in [0.2, 0.25) is 0 Å². The Hall–Kier alpha value is -0.840. The highest BCUT2D eigenvalue weighted by Gasteiger charge is 2.58. The van der Waals surface area contributed by atoms with Crippen LogP contribution in [0.1, 0.15) is 39.9 Å². The highest BCUT2D eigenvalue weighted by molar-refractivity contribution is 5.14. The molecule has 0 aromatic carbocycles. The van der Waals surface area contributed by atoms with E-state index in [1.54, 1.807) is 6.26 Å². The molecule has 1 aromatic heterocycles. The van der Waals surface area contributed by atoms with E-state index in [0.29, 0.717) is 6.04 Å². The van der Waals surface area contributed by atoms with Gasteiger partial charge in [-0.25, -0.2) is 0 Å². The van der Waals surface area contributed by atoms with Gasteiger partial charge in [0.15, 0.2) is 0 Å². The third-order valence-electron chi connectivity index (χ3n) is 4.86. The molecule has 0 saturated heterocycles. The van der Waals surface area contributed by atoms with E-state index in [4.69, 9.17) is 14.9 Å². The van der Waals surface area contributed by atoms with Crippen molar-refractivity contribution in [1.29, 1.82) is 0 Å². The zero-order valence-electron chi connectivity index (χ0n) is 13.1. The molecule has 114 valence electrons. The average molecular weight is 280 g/mol. The zero-order valence-corrected chi connectivity index (χ0v) is 13.1. The van der Waals surface area contributed by atoms with Crippen LogP contribution >= 0.6 is 0 Å². The van der Waals surface area contributed by atoms with E-state index in [9.17, 15) is 0 Å². The first-order chi connectivity index (χ1) is 9.39. The smallest absolute Gasteiger partial charge is 0.105 e. The van der Waals surface area contributed by atoms with Gasteiger partial charge in [-0.05, 0) is 32.4 Å². The second-order valence-electron chi connectivity index (χ2n) is 6.59. The third-order valence-corrected chi connectivity index (χ3v) is 4.86. The summed E-state index contributed by atoms with van der Waals surface area (Å²) < 4.78 is 11.1. The van der Waals surface area contributed by atoms with Gasteiger partial charge in [-0.1, -0.05) is 13.8 Å². The molecule has 4 heteroatoms. The molecular formula is C16H28N2O2. The molecule has 1 saturated carbocycles. The molecule has 1 heterocycles. The second kappa shape index (κ2) is 5.88. The minimum Gasteiger partial charge on any atom is -0.469 e. The lowest BCUT2D eigenvalue weighted by atomic mass is 9.54. The van der Waals surface area contributed by atoms with Gasteiger partial charge in [0.25, 0.3) is 0 Å². The maximum atomic E-state index is 6.56. The zero-order chi connectivity index (χ0) is 14.8. The molecule has 3 atom stereocenters. The van der Waals surface area contributed by atoms with E-state index in [1.165, 1.54) is 0 Å². The van der Waals surface area contributed by atoms with E-state index in [1.807, 2.05) is 19.1 Å². The van der Waals surface area contributed by atoms with Crippen molar-refractivity contribution in [2.24, 2.45) is 11.1 Å². The molecule has 1 fully saturated rings. The standard InChI is InChI=1S/C16H28N2O2/c1-5-19-14-10-16(17,15(14,3)4)11-18-12(2)9-13-7-6-8-20-13/h6-8,12,14,18H,5,9-11,17H2,1-4H3. The minimum atomic E-state index is -0.190. The monoisotopic (exact) mass is 280 g/mol. The first-order valence-electron chi connectivity index (χ1n) is 7.55. The summed E-state index contributed by atoms with van der Waals surface area (Å²) in [6.07, 6.45) is 3.81. The van der Waals surface area contributed by atoms with E-state index in [0.717, 1.165) is 31.8 Å². The van der Waals surface area contributed by atoms with Crippen molar-refractivity contribution in [1.82, 2.24) is 5.32 Å². The molecule has 1 aliphatic carbocycles. The summed E-state index contributed by atoms with van der Waals surface area (Å²) in [6.45, 7) is 10.2. The Morgan fingerprint density at radius 2 is 2.30 bits per heavy atom. The Morgan fingerprint density at radius 3 is 2.85 bits per heavy atom. The van der Waals surface area contributed by atoms with Crippen LogP contribution in [0, 0.1) is 5.41 Å². The summed E-state index contributed by atoms with van der Waals surface area (Å²) in [5.41, 5.74) is 6.38. The summed E-state index contributed by atoms with van der Waals surface area (Å²) in [5.74, 6) is 1.01. The topological polar surface area (TPSA) is 60.4 Å². The number of furan rings is 1. The second-order valence-corrected chi connectivity index (χ2v) is 6.59. The molecule has 0 radical (unpaired) electrons. The lowest BCUT2D eigenvalue weighted by Gasteiger charge is -2.59. The Balaban J connectivity index is 1.81. The van der Waals surface area contributed by atoms with Gasteiger partial charge in [0, 0.05) is 36.6 Å². The van der Waals surface area contributed by atoms with Gasteiger partial charge < -0.3 is 20.2 Å². The number of rotatable bonds is 7. The van der Waals surface area contributed by atoms with Crippen LogP contribution in [0.4, 0.5) is 0 Å². The van der Waals surface area contributed by atoms with Gasteiger partial charge in [0.2, 0.25) is 0 Å². The molecule has 0 spiro atoms. The Labute approximate surface area is 122 Å². The quantitative estimate of drug-likeness (QED) is 0.805. The Kier molecular flexibility index (Phi) is 4.57. The van der Waals surface area contributed by atoms with Crippen LogP contribution in [0.3, 0.4) is 0 Å². The van der Waals surface area contributed by atoms with Crippen molar-refractivity contribution in [3.63, 3.8) is 0 Å². The first-order valence-corrected chi connectivity index (χ1v) is 7.55. The molecular weight excluding hydrogens is 252 g/mol. The maximum absolute atomic E-state index is 6.56. The summed E-state index contributed by atoms with van der Waals surface area (Å²) in [7, 11) is 0. The highest BCUT2D eigenvalue weighted by atomic mass is 16.5. The predicted molar refractivity (Wildman–Crippen MR) is 80.6 cm³/mol. The maximum Gasteiger partial charge on any atom is 0.105 e. The number of ether oxygens (including phenoxy) is 1. The summed E-state index contributed by atoms with van der Waals surface area (Å²) >= 11 is 0. The van der Waals surface area contributed by atoms with Crippen molar-refractivity contribution < 1.29 is 9.15 Å². The summed E-state index contributed by atoms with van der Waals surface area (Å²) in [4.78, 5) is 0. The summed E-state index contributed by atoms with van der Waals surface area (Å²) in [6, 6.07) is 4.28. The van der Waals surface area contributed by atoms with Gasteiger partial charge in [0.05, 0.1) is 12.4 Å². The first kappa shape index (κ1) is 15.5. The molecule has 2 rings (SSSR count). The van der Waals surface area contributed by atoms with Crippen LogP contribution in [0.5, 0.6) is 0 Å². The van der Waals surface area contributed by atoms with Crippen molar-refractivity contribution in [2.75, 3.05) is 13.2 Å². The molecule has 4 nitrogen and oxygen atoms in total. The van der Waals surface area contributed by atoms with Gasteiger partial charge >= 0.3 is 0 Å². The molecule has 1 aliphatic rings. The van der Waals surface area contributed by atoms with E-state index >= 15 is 0 Å². The van der Waals surface area contributed by atoms with Gasteiger partial charge in [-0.2, -0.15) is 0 Å². The molecule has 0 aliphatic heterocycles. The molecule has 20 heavy (non-hydrogen) atoms. The van der Waals surface area contributed by atoms with E-state index in [2.05, 4.69) is 26.1 Å². The SMILES string of the molecule is CCOC1CC(N)(CNC(C)Cc2ccco2)C1(C)C. The van der Waals surface area contributed by atoms with Crippen LogP contribution in [-0.2, 0) is 11.2 Å². The van der Waals surface area contributed by atoms with Crippen LogP contribution in [0.25, 0.3) is 0 Å². The number of nitrogens with one attached hydrogen (secondary N) is 1. The van der Waals surface area contributed by atoms with Crippen molar-refractivity contribution >= 4 is 0 Å². The van der Waals surface area contributed by atoms with Crippen LogP contribution in [-0.4, -0.2) is 30.8 Å². The third kappa shape index (κ3) is 2.92. The normalized spacial score (nSPS) is 29.9. The Morgan fingerprint density at radius 1 is 1.55 bits per heavy atom. The fourth-order valence-corrected chi connectivity index (χ4v) is 2.97. The number of nitrogens with two attached hydrogens (primary N) is 1. The van der Waals surface area contributed by atoms with Gasteiger partial charge in [-0.15, -0.1) is 0 Å². The fraction of sp³-hybridized carbons (Fsp3) is 0.750. The summed E-state index contributed by atoms with van der Waals surface area (Å²) in [5, 5.41) is 3.54. The van der Waals surface area contributed by atoms with Gasteiger partial charge in [0.1, 0.15) is 5.76 Å². The molecule has 1 aromatic rings. The van der Waals surface area contributed by atoms with E-state index in [-0.39, 0.29) is 17.1 Å². The molecule has 3 N–H and O–H groups in total. The lowest BCUT2D eigenvalue weighted by Crippen LogP contribution is -2.73. The molecule has 0 bridgehead atoms. The number of hydrogen-bond donors (Lipinski definition) is 2. The van der Waals surface area contributed by atoms with Crippen molar-refractivity contribution in [3.05, 3.63) is 24.2 Å². The number of hydrogen-bond acceptors (Lipinski definition) is 4. The fourth-order valence-electron chi connectivity index (χ4n) is 2.97. The highest BCUT2D eigenvalue weighted by Crippen LogP contribution is 2.49. The lowest BCUT2D eigenvalue weighted by molar-refractivity contribution is -0.148. The van der Waals surface area contributed by atoms with Crippen LogP contribution in [0.15, 0.2) is 22.8 Å². The minimum absolute atomic E-state index is 0.0143. The average Bonchev–Trinajstić information content (AvgIpc) is 2.89. The largest absolute Gasteiger partial charge is 0.469 e. The predicted octanol–water partition coefficient (Wildman–Crippen LogP) is 2.33. The van der Waals surface area contributed by atoms with Crippen molar-refractivity contribution in [3.8, 4) is 0 Å². The van der Waals surface area contributed by atoms with E-state index < -0.39 is 0 Å². The van der Waals surface area contributed by atoms with Gasteiger partial charge in [-0.3, -0.25) is 0 Å². The Bertz CT molecular complexity index is 416. The van der Waals surface area contributed by atoms with Crippen LogP contribution < -0.4 is 11.1 Å². The molecule has 0 amide bonds. The molecule has 3 unspecified atom stereocenters.